The van der Waals surface area contributed by atoms with Crippen LogP contribution in [0.15, 0.2) is 23.2 Å². The van der Waals surface area contributed by atoms with E-state index in [4.69, 9.17) is 4.74 Å². The zero-order valence-corrected chi connectivity index (χ0v) is 15.2. The average molecular weight is 423 g/mol. The lowest BCUT2D eigenvalue weighted by Gasteiger charge is -2.24. The summed E-state index contributed by atoms with van der Waals surface area (Å²) in [5.41, 5.74) is 0.754. The van der Waals surface area contributed by atoms with E-state index in [1.807, 2.05) is 7.05 Å². The maximum absolute atomic E-state index is 13.3. The van der Waals surface area contributed by atoms with E-state index in [2.05, 4.69) is 15.2 Å². The van der Waals surface area contributed by atoms with Gasteiger partial charge >= 0.3 is 0 Å². The number of nitrogens with one attached hydrogen (secondary N) is 1. The molecule has 5 nitrogen and oxygen atoms in total. The number of phenolic OH excluding ortho intramolecular Hbond substituents is 1. The predicted octanol–water partition coefficient (Wildman–Crippen LogP) is 2.19. The van der Waals surface area contributed by atoms with Gasteiger partial charge in [0.25, 0.3) is 0 Å². The van der Waals surface area contributed by atoms with E-state index in [1.54, 1.807) is 13.1 Å². The Labute approximate surface area is 147 Å². The number of rotatable bonds is 4. The van der Waals surface area contributed by atoms with Gasteiger partial charge in [-0.15, -0.1) is 24.0 Å². The summed E-state index contributed by atoms with van der Waals surface area (Å²) in [5.74, 6) is 0.345. The first-order chi connectivity index (χ1) is 10.1. The third-order valence-corrected chi connectivity index (χ3v) is 3.59. The fourth-order valence-electron chi connectivity index (χ4n) is 2.43. The molecule has 0 bridgehead atoms. The van der Waals surface area contributed by atoms with Crippen LogP contribution in [0.2, 0.25) is 0 Å². The van der Waals surface area contributed by atoms with Crippen LogP contribution in [0.5, 0.6) is 5.75 Å². The first-order valence-electron chi connectivity index (χ1n) is 7.07. The van der Waals surface area contributed by atoms with E-state index in [0.717, 1.165) is 37.7 Å². The number of halogens is 2. The van der Waals surface area contributed by atoms with Gasteiger partial charge in [0.05, 0.1) is 6.61 Å². The van der Waals surface area contributed by atoms with Gasteiger partial charge in [-0.1, -0.05) is 6.07 Å². The molecule has 1 atom stereocenters. The molecule has 0 aliphatic carbocycles. The number of guanidine groups is 1. The Morgan fingerprint density at radius 3 is 2.91 bits per heavy atom. The van der Waals surface area contributed by atoms with Gasteiger partial charge in [0.15, 0.2) is 17.5 Å². The lowest BCUT2D eigenvalue weighted by Crippen LogP contribution is -2.41. The van der Waals surface area contributed by atoms with Crippen molar-refractivity contribution < 1.29 is 14.2 Å². The van der Waals surface area contributed by atoms with E-state index in [9.17, 15) is 9.50 Å². The second-order valence-corrected chi connectivity index (χ2v) is 5.30. The maximum Gasteiger partial charge on any atom is 0.193 e. The highest BCUT2D eigenvalue weighted by molar-refractivity contribution is 14.0. The highest BCUT2D eigenvalue weighted by atomic mass is 127. The Kier molecular flexibility index (Phi) is 7.88. The molecule has 1 unspecified atom stereocenters. The molecule has 2 N–H and O–H groups in total. The number of nitrogens with zero attached hydrogens (tertiary/aromatic N) is 2. The first kappa shape index (κ1) is 19.0. The van der Waals surface area contributed by atoms with Gasteiger partial charge in [-0.05, 0) is 24.1 Å². The molecule has 0 amide bonds. The number of aliphatic imine (C=N–C) groups is 1. The number of hydrogen-bond donors (Lipinski definition) is 2. The van der Waals surface area contributed by atoms with Crippen LogP contribution < -0.4 is 5.32 Å². The third kappa shape index (κ3) is 5.28. The number of ether oxygens (including phenoxy) is 1. The minimum Gasteiger partial charge on any atom is -0.505 e. The largest absolute Gasteiger partial charge is 0.505 e. The van der Waals surface area contributed by atoms with E-state index >= 15 is 0 Å². The summed E-state index contributed by atoms with van der Waals surface area (Å²) >= 11 is 0. The molecule has 1 aliphatic rings. The molecular formula is C15H23FIN3O2. The molecule has 0 spiro atoms. The molecule has 1 heterocycles. The van der Waals surface area contributed by atoms with Gasteiger partial charge in [0, 0.05) is 39.7 Å². The molecule has 0 radical (unpaired) electrons. The van der Waals surface area contributed by atoms with E-state index in [-0.39, 0.29) is 29.7 Å². The van der Waals surface area contributed by atoms with Gasteiger partial charge < -0.3 is 20.1 Å². The highest BCUT2D eigenvalue weighted by Gasteiger charge is 2.19. The van der Waals surface area contributed by atoms with E-state index in [0.29, 0.717) is 12.5 Å². The molecule has 1 saturated heterocycles. The van der Waals surface area contributed by atoms with Gasteiger partial charge in [-0.3, -0.25) is 4.99 Å². The Morgan fingerprint density at radius 2 is 2.32 bits per heavy atom. The number of hydrogen-bond acceptors (Lipinski definition) is 3. The first-order valence-corrected chi connectivity index (χ1v) is 7.07. The summed E-state index contributed by atoms with van der Waals surface area (Å²) in [4.78, 5) is 6.28. The van der Waals surface area contributed by atoms with Crippen molar-refractivity contribution in [3.63, 3.8) is 0 Å². The molecule has 2 rings (SSSR count). The second-order valence-electron chi connectivity index (χ2n) is 5.30. The summed E-state index contributed by atoms with van der Waals surface area (Å²) in [6.07, 6.45) is 1.07. The second kappa shape index (κ2) is 9.14. The topological polar surface area (TPSA) is 57.1 Å². The van der Waals surface area contributed by atoms with Crippen LogP contribution in [-0.4, -0.2) is 49.8 Å². The zero-order valence-electron chi connectivity index (χ0n) is 12.9. The molecule has 124 valence electrons. The maximum atomic E-state index is 13.3. The van der Waals surface area contributed by atoms with Crippen molar-refractivity contribution in [1.82, 2.24) is 10.2 Å². The van der Waals surface area contributed by atoms with Gasteiger partial charge in [0.2, 0.25) is 0 Å². The van der Waals surface area contributed by atoms with Crippen LogP contribution in [0.3, 0.4) is 0 Å². The molecule has 0 aromatic heterocycles. The average Bonchev–Trinajstić information content (AvgIpc) is 2.96. The Hall–Kier alpha value is -1.09. The van der Waals surface area contributed by atoms with Crippen LogP contribution in [0, 0.1) is 11.7 Å². The van der Waals surface area contributed by atoms with Gasteiger partial charge in [-0.25, -0.2) is 4.39 Å². The van der Waals surface area contributed by atoms with Gasteiger partial charge in [-0.2, -0.15) is 0 Å². The molecule has 1 aliphatic heterocycles. The molecule has 1 aromatic carbocycles. The third-order valence-electron chi connectivity index (χ3n) is 3.59. The molecule has 1 aromatic rings. The predicted molar refractivity (Wildman–Crippen MR) is 95.2 cm³/mol. The Bertz CT molecular complexity index is 508. The monoisotopic (exact) mass is 423 g/mol. The molecule has 7 heteroatoms. The molecule has 22 heavy (non-hydrogen) atoms. The van der Waals surface area contributed by atoms with Crippen molar-refractivity contribution in [3.05, 3.63) is 29.6 Å². The lowest BCUT2D eigenvalue weighted by molar-refractivity contribution is 0.181. The summed E-state index contributed by atoms with van der Waals surface area (Å²) in [5, 5.41) is 12.4. The molecule has 1 fully saturated rings. The summed E-state index contributed by atoms with van der Waals surface area (Å²) in [7, 11) is 3.70. The Balaban J connectivity index is 0.00000242. The fourth-order valence-corrected chi connectivity index (χ4v) is 2.43. The number of phenols is 1. The van der Waals surface area contributed by atoms with E-state index < -0.39 is 5.82 Å². The minimum atomic E-state index is -0.610. The van der Waals surface area contributed by atoms with Crippen molar-refractivity contribution in [2.24, 2.45) is 10.9 Å². The quantitative estimate of drug-likeness (QED) is 0.443. The van der Waals surface area contributed by atoms with Crippen molar-refractivity contribution in [2.75, 3.05) is 33.9 Å². The number of benzene rings is 1. The lowest BCUT2D eigenvalue weighted by atomic mass is 10.1. The summed E-state index contributed by atoms with van der Waals surface area (Å²) in [6, 6.07) is 4.36. The standard InChI is InChI=1S/C15H22FN3O2.HI/c1-17-15(19(2)9-12-5-6-21-10-12)18-8-11-3-4-14(20)13(16)7-11;/h3-4,7,12,20H,5-6,8-10H2,1-2H3,(H,17,18);1H. The van der Waals surface area contributed by atoms with Crippen molar-refractivity contribution in [3.8, 4) is 5.75 Å². The van der Waals surface area contributed by atoms with Crippen molar-refractivity contribution >= 4 is 29.9 Å². The highest BCUT2D eigenvalue weighted by Crippen LogP contribution is 2.16. The van der Waals surface area contributed by atoms with Crippen LogP contribution in [0.4, 0.5) is 4.39 Å². The van der Waals surface area contributed by atoms with Crippen LogP contribution in [-0.2, 0) is 11.3 Å². The van der Waals surface area contributed by atoms with Crippen molar-refractivity contribution in [1.29, 1.82) is 0 Å². The van der Waals surface area contributed by atoms with Crippen LogP contribution in [0.1, 0.15) is 12.0 Å². The Morgan fingerprint density at radius 1 is 1.55 bits per heavy atom. The number of aromatic hydroxyl groups is 1. The fraction of sp³-hybridized carbons (Fsp3) is 0.533. The normalized spacial score (nSPS) is 18.0. The van der Waals surface area contributed by atoms with Crippen molar-refractivity contribution in [2.45, 2.75) is 13.0 Å². The van der Waals surface area contributed by atoms with Crippen LogP contribution >= 0.6 is 24.0 Å². The summed E-state index contributed by atoms with van der Waals surface area (Å²) in [6.45, 7) is 2.96. The van der Waals surface area contributed by atoms with Crippen LogP contribution in [0.25, 0.3) is 0 Å². The SMILES string of the molecule is CN=C(NCc1ccc(O)c(F)c1)N(C)CC1CCOC1.I. The zero-order chi connectivity index (χ0) is 15.2. The summed E-state index contributed by atoms with van der Waals surface area (Å²) < 4.78 is 18.7. The van der Waals surface area contributed by atoms with E-state index in [1.165, 1.54) is 12.1 Å². The molecular weight excluding hydrogens is 400 g/mol. The minimum absolute atomic E-state index is 0. The molecule has 0 saturated carbocycles. The van der Waals surface area contributed by atoms with Gasteiger partial charge in [0.1, 0.15) is 0 Å². The smallest absolute Gasteiger partial charge is 0.193 e.